The summed E-state index contributed by atoms with van der Waals surface area (Å²) in [6, 6.07) is 0.831. The largest absolute Gasteiger partial charge is 0.450 e. The number of fused-ring (bicyclic) bond motifs is 3. The number of carbonyl (C=O) groups is 1. The molecule has 3 aliphatic heterocycles. The number of piperidine rings is 1. The van der Waals surface area contributed by atoms with Gasteiger partial charge in [-0.3, -0.25) is 4.90 Å². The summed E-state index contributed by atoms with van der Waals surface area (Å²) < 4.78 is 11.4. The summed E-state index contributed by atoms with van der Waals surface area (Å²) in [6.45, 7) is 1.13. The van der Waals surface area contributed by atoms with Crippen molar-refractivity contribution in [1.82, 2.24) is 4.90 Å². The lowest BCUT2D eigenvalue weighted by Crippen LogP contribution is -2.48. The van der Waals surface area contributed by atoms with E-state index in [1.54, 1.807) is 13.2 Å². The first-order valence-corrected chi connectivity index (χ1v) is 6.97. The average molecular weight is 249 g/mol. The topological polar surface area (TPSA) is 38.8 Å². The summed E-state index contributed by atoms with van der Waals surface area (Å²) in [4.78, 5) is 14.3. The number of hydrogen-bond donors (Lipinski definition) is 0. The van der Waals surface area contributed by atoms with Gasteiger partial charge in [0.25, 0.3) is 0 Å². The number of carbonyl (C=O) groups excluding carboxylic acids is 1. The summed E-state index contributed by atoms with van der Waals surface area (Å²) >= 11 is 0. The molecule has 4 aliphatic rings. The van der Waals surface area contributed by atoms with E-state index in [2.05, 4.69) is 4.90 Å². The summed E-state index contributed by atoms with van der Waals surface area (Å²) in [5.74, 6) is -0.145. The van der Waals surface area contributed by atoms with Crippen molar-refractivity contribution in [2.75, 3.05) is 13.7 Å². The van der Waals surface area contributed by atoms with E-state index in [0.717, 1.165) is 25.8 Å². The molecule has 4 nitrogen and oxygen atoms in total. The molecule has 4 heteroatoms. The van der Waals surface area contributed by atoms with Crippen LogP contribution in [0, 0.1) is 0 Å². The van der Waals surface area contributed by atoms with Crippen LogP contribution in [0.15, 0.2) is 11.6 Å². The lowest BCUT2D eigenvalue weighted by atomic mass is 9.76. The van der Waals surface area contributed by atoms with Crippen molar-refractivity contribution in [1.29, 1.82) is 0 Å². The first kappa shape index (κ1) is 11.0. The first-order chi connectivity index (χ1) is 8.74. The fourth-order valence-corrected chi connectivity index (χ4v) is 4.58. The van der Waals surface area contributed by atoms with Gasteiger partial charge in [0.05, 0.1) is 12.1 Å². The van der Waals surface area contributed by atoms with Gasteiger partial charge in [-0.1, -0.05) is 6.42 Å². The molecule has 0 radical (unpaired) electrons. The second-order valence-electron chi connectivity index (χ2n) is 5.98. The Kier molecular flexibility index (Phi) is 2.19. The lowest BCUT2D eigenvalue weighted by molar-refractivity contribution is -0.148. The number of nitrogens with zero attached hydrogens (tertiary/aromatic N) is 1. The predicted molar refractivity (Wildman–Crippen MR) is 65.1 cm³/mol. The van der Waals surface area contributed by atoms with Crippen molar-refractivity contribution in [3.63, 3.8) is 0 Å². The van der Waals surface area contributed by atoms with Crippen molar-refractivity contribution >= 4 is 5.97 Å². The van der Waals surface area contributed by atoms with Crippen LogP contribution in [0.2, 0.25) is 0 Å². The normalized spacial score (nSPS) is 46.4. The third kappa shape index (κ3) is 1.20. The zero-order valence-electron chi connectivity index (χ0n) is 10.7. The van der Waals surface area contributed by atoms with Gasteiger partial charge in [0, 0.05) is 32.1 Å². The molecule has 4 atom stereocenters. The van der Waals surface area contributed by atoms with Crippen LogP contribution in [-0.4, -0.2) is 48.3 Å². The SMILES string of the molecule is CO[C@H]1CC2=CC(=O)O[C@@]23C[C@@H]1N1CCCC[C@H]13. The number of esters is 1. The minimum atomic E-state index is -0.294. The van der Waals surface area contributed by atoms with Crippen molar-refractivity contribution in [3.05, 3.63) is 11.6 Å². The Bertz CT molecular complexity index is 433. The number of ether oxygens (including phenoxy) is 2. The number of hydrogen-bond acceptors (Lipinski definition) is 4. The summed E-state index contributed by atoms with van der Waals surface area (Å²) in [6.07, 6.45) is 7.40. The van der Waals surface area contributed by atoms with Crippen LogP contribution in [0.1, 0.15) is 32.1 Å². The Hall–Kier alpha value is -0.870. The van der Waals surface area contributed by atoms with E-state index in [-0.39, 0.29) is 17.7 Å². The zero-order chi connectivity index (χ0) is 12.3. The van der Waals surface area contributed by atoms with Crippen LogP contribution in [0.4, 0.5) is 0 Å². The molecule has 0 aromatic heterocycles. The van der Waals surface area contributed by atoms with Crippen LogP contribution in [0.25, 0.3) is 0 Å². The van der Waals surface area contributed by atoms with Gasteiger partial charge in [-0.05, 0) is 25.0 Å². The molecule has 1 saturated carbocycles. The Morgan fingerprint density at radius 1 is 1.50 bits per heavy atom. The molecule has 2 bridgehead atoms. The van der Waals surface area contributed by atoms with Gasteiger partial charge in [-0.15, -0.1) is 0 Å². The van der Waals surface area contributed by atoms with E-state index in [1.165, 1.54) is 18.4 Å². The minimum Gasteiger partial charge on any atom is -0.450 e. The molecule has 3 fully saturated rings. The van der Waals surface area contributed by atoms with Crippen LogP contribution >= 0.6 is 0 Å². The minimum absolute atomic E-state index is 0.145. The third-order valence-electron chi connectivity index (χ3n) is 5.29. The number of methoxy groups -OCH3 is 1. The van der Waals surface area contributed by atoms with E-state index in [4.69, 9.17) is 9.47 Å². The molecule has 3 heterocycles. The monoisotopic (exact) mass is 249 g/mol. The maximum absolute atomic E-state index is 11.7. The van der Waals surface area contributed by atoms with Gasteiger partial charge in [-0.25, -0.2) is 4.79 Å². The Labute approximate surface area is 107 Å². The summed E-state index contributed by atoms with van der Waals surface area (Å²) in [5, 5.41) is 0. The standard InChI is InChI=1S/C14H19NO3/c1-17-11-6-9-7-13(16)18-14(9)8-10(11)15-5-3-2-4-12(14)15/h7,10-12H,2-6,8H2,1H3/t10-,11-,12-,14-/m0/s1. The molecule has 98 valence electrons. The Balaban J connectivity index is 1.79. The fourth-order valence-electron chi connectivity index (χ4n) is 4.58. The molecule has 0 aromatic carbocycles. The van der Waals surface area contributed by atoms with E-state index >= 15 is 0 Å². The van der Waals surface area contributed by atoms with Crippen molar-refractivity contribution in [2.24, 2.45) is 0 Å². The lowest BCUT2D eigenvalue weighted by Gasteiger charge is -2.37. The molecule has 1 aliphatic carbocycles. The highest BCUT2D eigenvalue weighted by atomic mass is 16.6. The quantitative estimate of drug-likeness (QED) is 0.656. The molecular weight excluding hydrogens is 230 g/mol. The molecule has 0 N–H and O–H groups in total. The van der Waals surface area contributed by atoms with Gasteiger partial charge < -0.3 is 9.47 Å². The molecule has 0 unspecified atom stereocenters. The second kappa shape index (κ2) is 3.58. The maximum atomic E-state index is 11.7. The van der Waals surface area contributed by atoms with Gasteiger partial charge in [0.2, 0.25) is 0 Å². The van der Waals surface area contributed by atoms with E-state index in [0.29, 0.717) is 12.1 Å². The maximum Gasteiger partial charge on any atom is 0.331 e. The van der Waals surface area contributed by atoms with E-state index in [1.807, 2.05) is 0 Å². The molecule has 0 aromatic rings. The van der Waals surface area contributed by atoms with Gasteiger partial charge in [0.1, 0.15) is 0 Å². The highest BCUT2D eigenvalue weighted by Crippen LogP contribution is 2.54. The zero-order valence-corrected chi connectivity index (χ0v) is 10.7. The Morgan fingerprint density at radius 3 is 3.22 bits per heavy atom. The first-order valence-electron chi connectivity index (χ1n) is 6.97. The predicted octanol–water partition coefficient (Wildman–Crippen LogP) is 1.25. The van der Waals surface area contributed by atoms with Gasteiger partial charge >= 0.3 is 5.97 Å². The van der Waals surface area contributed by atoms with Crippen LogP contribution in [0.3, 0.4) is 0 Å². The van der Waals surface area contributed by atoms with Crippen molar-refractivity contribution in [2.45, 2.75) is 55.9 Å². The molecule has 2 saturated heterocycles. The summed E-state index contributed by atoms with van der Waals surface area (Å²) in [7, 11) is 1.78. The van der Waals surface area contributed by atoms with Crippen LogP contribution < -0.4 is 0 Å². The molecule has 1 spiro atoms. The van der Waals surface area contributed by atoms with Gasteiger partial charge in [-0.2, -0.15) is 0 Å². The second-order valence-corrected chi connectivity index (χ2v) is 5.98. The van der Waals surface area contributed by atoms with E-state index in [9.17, 15) is 4.79 Å². The van der Waals surface area contributed by atoms with E-state index < -0.39 is 0 Å². The molecule has 18 heavy (non-hydrogen) atoms. The van der Waals surface area contributed by atoms with Gasteiger partial charge in [0.15, 0.2) is 5.60 Å². The Morgan fingerprint density at radius 2 is 2.39 bits per heavy atom. The van der Waals surface area contributed by atoms with Crippen molar-refractivity contribution < 1.29 is 14.3 Å². The number of rotatable bonds is 1. The average Bonchev–Trinajstić information content (AvgIpc) is 2.86. The molecule has 4 rings (SSSR count). The van der Waals surface area contributed by atoms with Crippen LogP contribution in [-0.2, 0) is 14.3 Å². The fraction of sp³-hybridized carbons (Fsp3) is 0.786. The van der Waals surface area contributed by atoms with Crippen molar-refractivity contribution in [3.8, 4) is 0 Å². The van der Waals surface area contributed by atoms with Crippen LogP contribution in [0.5, 0.6) is 0 Å². The molecular formula is C14H19NO3. The molecule has 0 amide bonds. The smallest absolute Gasteiger partial charge is 0.331 e. The third-order valence-corrected chi connectivity index (χ3v) is 5.29. The highest BCUT2D eigenvalue weighted by molar-refractivity contribution is 5.87. The highest BCUT2D eigenvalue weighted by Gasteiger charge is 2.63. The summed E-state index contributed by atoms with van der Waals surface area (Å²) in [5.41, 5.74) is 0.891.